The van der Waals surface area contributed by atoms with Crippen molar-refractivity contribution < 1.29 is 38.1 Å². The predicted octanol–water partition coefficient (Wildman–Crippen LogP) is 5.62. The highest BCUT2D eigenvalue weighted by atomic mass is 79.9. The first-order valence-electron chi connectivity index (χ1n) is 12.4. The van der Waals surface area contributed by atoms with Crippen LogP contribution in [0.15, 0.2) is 53.0 Å². The zero-order valence-corrected chi connectivity index (χ0v) is 25.5. The summed E-state index contributed by atoms with van der Waals surface area (Å²) in [4.78, 5) is 36.6. The Morgan fingerprint density at radius 3 is 2.46 bits per heavy atom. The summed E-state index contributed by atoms with van der Waals surface area (Å²) in [6.45, 7) is 6.87. The molecule has 214 valence electrons. The van der Waals surface area contributed by atoms with Crippen molar-refractivity contribution in [1.82, 2.24) is 9.62 Å². The van der Waals surface area contributed by atoms with Gasteiger partial charge in [0.15, 0.2) is 0 Å². The topological polar surface area (TPSA) is 146 Å². The van der Waals surface area contributed by atoms with Crippen molar-refractivity contribution >= 4 is 52.7 Å². The molecule has 39 heavy (non-hydrogen) atoms. The van der Waals surface area contributed by atoms with E-state index in [1.165, 1.54) is 0 Å². The Morgan fingerprint density at radius 2 is 1.85 bits per heavy atom. The number of hydrogen-bond acceptors (Lipinski definition) is 7. The first kappa shape index (κ1) is 31.1. The van der Waals surface area contributed by atoms with Crippen molar-refractivity contribution in [3.8, 4) is 0 Å². The molecular formula is C26H35BrN2O8SSi. The Hall–Kier alpha value is -2.42. The summed E-state index contributed by atoms with van der Waals surface area (Å²) < 4.78 is 34.1. The van der Waals surface area contributed by atoms with Crippen LogP contribution in [0.3, 0.4) is 0 Å². The highest BCUT2D eigenvalue weighted by Gasteiger charge is 2.46. The van der Waals surface area contributed by atoms with Gasteiger partial charge in [-0.3, -0.25) is 13.9 Å². The summed E-state index contributed by atoms with van der Waals surface area (Å²) in [7, 11) is -4.82. The Bertz CT molecular complexity index is 1180. The zero-order valence-electron chi connectivity index (χ0n) is 22.1. The second-order valence-corrected chi connectivity index (χ2v) is 19.1. The minimum absolute atomic E-state index is 0.00610. The molecule has 0 aromatic heterocycles. The first-order chi connectivity index (χ1) is 18.3. The molecule has 3 rings (SSSR count). The van der Waals surface area contributed by atoms with E-state index in [4.69, 9.17) is 9.47 Å². The maximum Gasteiger partial charge on any atom is 0.408 e. The van der Waals surface area contributed by atoms with E-state index in [1.807, 2.05) is 6.07 Å². The van der Waals surface area contributed by atoms with Crippen molar-refractivity contribution in [3.63, 3.8) is 0 Å². The molecule has 1 fully saturated rings. The molecule has 0 radical (unpaired) electrons. The highest BCUT2D eigenvalue weighted by molar-refractivity contribution is 9.10. The number of carboxylic acids is 1. The molecule has 1 saturated heterocycles. The molecule has 13 heteroatoms. The van der Waals surface area contributed by atoms with Gasteiger partial charge in [-0.05, 0) is 28.8 Å². The standard InChI is InChI=1S/C26H35BrN2O8SSi/c1-39(2,3)12-11-36-17-29-24(30)15-23(38(29,34)35)20-10-9-19(13-21(20)27)14-22(25(31)32)28-26(33)37-16-18-7-5-4-6-8-18/h4-10,13,22-23,34-35H,11-12,14-17H2,1-3H3,(H,28,33)(H,31,32)/t22-,23?/m0/s1. The fraction of sp³-hybridized carbons (Fsp3) is 0.423. The summed E-state index contributed by atoms with van der Waals surface area (Å²) in [5.74, 6) is -1.64. The van der Waals surface area contributed by atoms with Gasteiger partial charge in [-0.1, -0.05) is 78.0 Å². The average Bonchev–Trinajstić information content (AvgIpc) is 3.08. The lowest BCUT2D eigenvalue weighted by Crippen LogP contribution is -2.42. The molecule has 4 N–H and O–H groups in total. The number of ether oxygens (including phenoxy) is 2. The van der Waals surface area contributed by atoms with Crippen LogP contribution >= 0.6 is 26.7 Å². The molecule has 1 aliphatic heterocycles. The van der Waals surface area contributed by atoms with Gasteiger partial charge < -0.3 is 19.9 Å². The molecule has 2 aromatic rings. The number of amides is 2. The lowest BCUT2D eigenvalue weighted by atomic mass is 10.0. The molecule has 0 spiro atoms. The minimum Gasteiger partial charge on any atom is -0.480 e. The Balaban J connectivity index is 1.63. The number of halogens is 1. The molecule has 0 saturated carbocycles. The van der Waals surface area contributed by atoms with Gasteiger partial charge in [-0.2, -0.15) is 0 Å². The predicted molar refractivity (Wildman–Crippen MR) is 155 cm³/mol. The van der Waals surface area contributed by atoms with Gasteiger partial charge >= 0.3 is 12.1 Å². The SMILES string of the molecule is C[Si](C)(C)CCOCN1C(=O)CC(c2ccc(C[C@H](NC(=O)OCc3ccccc3)C(=O)O)cc2Br)S1(O)O. The van der Waals surface area contributed by atoms with Gasteiger partial charge in [0.05, 0.1) is 6.42 Å². The summed E-state index contributed by atoms with van der Waals surface area (Å²) >= 11 is 3.44. The number of carbonyl (C=O) groups excluding carboxylic acids is 2. The number of benzene rings is 2. The van der Waals surface area contributed by atoms with Crippen molar-refractivity contribution in [1.29, 1.82) is 0 Å². The van der Waals surface area contributed by atoms with Gasteiger partial charge in [0.2, 0.25) is 5.91 Å². The molecule has 2 atom stereocenters. The first-order valence-corrected chi connectivity index (χ1v) is 18.5. The molecule has 1 heterocycles. The lowest BCUT2D eigenvalue weighted by molar-refractivity contribution is -0.139. The van der Waals surface area contributed by atoms with Crippen molar-refractivity contribution in [2.45, 2.75) is 56.4 Å². The van der Waals surface area contributed by atoms with Gasteiger partial charge in [0, 0.05) is 25.6 Å². The van der Waals surface area contributed by atoms with E-state index in [0.717, 1.165) is 15.9 Å². The molecule has 1 aliphatic rings. The molecule has 1 unspecified atom stereocenters. The van der Waals surface area contributed by atoms with Gasteiger partial charge in [0.1, 0.15) is 24.6 Å². The third kappa shape index (κ3) is 8.78. The normalized spacial score (nSPS) is 18.5. The molecule has 0 aliphatic carbocycles. The number of aliphatic carboxylic acids is 1. The van der Waals surface area contributed by atoms with E-state index in [-0.39, 0.29) is 26.2 Å². The van der Waals surface area contributed by atoms with Gasteiger partial charge in [-0.15, -0.1) is 10.8 Å². The van der Waals surface area contributed by atoms with Crippen LogP contribution in [0.2, 0.25) is 25.7 Å². The minimum atomic E-state index is -3.49. The number of carboxylic acid groups (broad SMARTS) is 1. The van der Waals surface area contributed by atoms with Crippen LogP contribution in [0.4, 0.5) is 4.79 Å². The largest absolute Gasteiger partial charge is 0.480 e. The molecule has 2 amide bonds. The van der Waals surface area contributed by atoms with Crippen LogP contribution in [0.25, 0.3) is 0 Å². The van der Waals surface area contributed by atoms with Gasteiger partial charge in [0.25, 0.3) is 0 Å². The Kier molecular flexibility index (Phi) is 10.6. The van der Waals surface area contributed by atoms with E-state index in [2.05, 4.69) is 40.9 Å². The highest BCUT2D eigenvalue weighted by Crippen LogP contribution is 2.63. The van der Waals surface area contributed by atoms with E-state index in [0.29, 0.717) is 22.2 Å². The second kappa shape index (κ2) is 13.3. The molecule has 2 aromatic carbocycles. The zero-order chi connectivity index (χ0) is 28.8. The van der Waals surface area contributed by atoms with Crippen LogP contribution < -0.4 is 5.32 Å². The van der Waals surface area contributed by atoms with Gasteiger partial charge in [-0.25, -0.2) is 13.9 Å². The summed E-state index contributed by atoms with van der Waals surface area (Å²) in [6.07, 6.45) is -0.983. The van der Waals surface area contributed by atoms with Crippen molar-refractivity contribution in [2.75, 3.05) is 13.3 Å². The maximum absolute atomic E-state index is 12.6. The third-order valence-corrected chi connectivity index (χ3v) is 10.7. The summed E-state index contributed by atoms with van der Waals surface area (Å²) in [5, 5.41) is 11.1. The number of nitrogens with one attached hydrogen (secondary N) is 1. The Morgan fingerprint density at radius 1 is 1.15 bits per heavy atom. The maximum atomic E-state index is 12.6. The fourth-order valence-electron chi connectivity index (χ4n) is 3.93. The number of alkyl carbamates (subject to hydrolysis) is 1. The number of rotatable bonds is 12. The monoisotopic (exact) mass is 642 g/mol. The smallest absolute Gasteiger partial charge is 0.408 e. The lowest BCUT2D eigenvalue weighted by Gasteiger charge is -2.40. The van der Waals surface area contributed by atoms with Crippen LogP contribution in [0, 0.1) is 0 Å². The molecule has 10 nitrogen and oxygen atoms in total. The third-order valence-electron chi connectivity index (χ3n) is 6.20. The van der Waals surface area contributed by atoms with E-state index in [9.17, 15) is 28.6 Å². The molecular weight excluding hydrogens is 608 g/mol. The van der Waals surface area contributed by atoms with Crippen molar-refractivity contribution in [2.24, 2.45) is 0 Å². The van der Waals surface area contributed by atoms with Crippen LogP contribution in [0.5, 0.6) is 0 Å². The van der Waals surface area contributed by atoms with E-state index >= 15 is 0 Å². The second-order valence-electron chi connectivity index (χ2n) is 10.5. The number of nitrogens with zero attached hydrogens (tertiary/aromatic N) is 1. The molecule has 0 bridgehead atoms. The van der Waals surface area contributed by atoms with Crippen LogP contribution in [0.1, 0.15) is 28.4 Å². The summed E-state index contributed by atoms with van der Waals surface area (Å²) in [6, 6.07) is 13.6. The van der Waals surface area contributed by atoms with Crippen LogP contribution in [-0.2, 0) is 32.1 Å². The number of carbonyl (C=O) groups is 3. The Labute approximate surface area is 239 Å². The van der Waals surface area contributed by atoms with Crippen LogP contribution in [-0.4, -0.2) is 63.9 Å². The fourth-order valence-corrected chi connectivity index (χ4v) is 7.37. The van der Waals surface area contributed by atoms with E-state index in [1.54, 1.807) is 42.5 Å². The summed E-state index contributed by atoms with van der Waals surface area (Å²) in [5.41, 5.74) is 1.86. The average molecular weight is 644 g/mol. The van der Waals surface area contributed by atoms with Crippen molar-refractivity contribution in [3.05, 3.63) is 69.7 Å². The van der Waals surface area contributed by atoms with E-state index < -0.39 is 48.1 Å². The number of hydrogen-bond donors (Lipinski definition) is 4. The quantitative estimate of drug-likeness (QED) is 0.172.